The summed E-state index contributed by atoms with van der Waals surface area (Å²) in [6.45, 7) is 1.95. The van der Waals surface area contributed by atoms with E-state index in [4.69, 9.17) is 0 Å². The van der Waals surface area contributed by atoms with Crippen LogP contribution in [0.4, 0.5) is 0 Å². The lowest BCUT2D eigenvalue weighted by Crippen LogP contribution is -2.43. The lowest BCUT2D eigenvalue weighted by molar-refractivity contribution is -0.130. The van der Waals surface area contributed by atoms with Crippen LogP contribution in [-0.4, -0.2) is 30.9 Å². The Kier molecular flexibility index (Phi) is 4.66. The molecule has 0 aliphatic heterocycles. The topological polar surface area (TPSA) is 32.3 Å². The van der Waals surface area contributed by atoms with E-state index >= 15 is 0 Å². The number of amides is 1. The second-order valence-corrected chi connectivity index (χ2v) is 8.03. The van der Waals surface area contributed by atoms with E-state index in [9.17, 15) is 4.79 Å². The van der Waals surface area contributed by atoms with Crippen molar-refractivity contribution in [3.05, 3.63) is 19.4 Å². The summed E-state index contributed by atoms with van der Waals surface area (Å²) in [6, 6.07) is 2.49. The molecule has 1 aliphatic carbocycles. The molecule has 3 nitrogen and oxygen atoms in total. The van der Waals surface area contributed by atoms with Crippen molar-refractivity contribution in [2.45, 2.75) is 38.3 Å². The molecular formula is C13H19IN2OS. The average molecular weight is 378 g/mol. The Morgan fingerprint density at radius 3 is 3.00 bits per heavy atom. The molecule has 0 bridgehead atoms. The van der Waals surface area contributed by atoms with Gasteiger partial charge in [0.2, 0.25) is 5.91 Å². The molecule has 0 fully saturated rings. The summed E-state index contributed by atoms with van der Waals surface area (Å²) >= 11 is 4.27. The number of rotatable bonds is 3. The van der Waals surface area contributed by atoms with E-state index in [1.165, 1.54) is 26.2 Å². The Hall–Kier alpha value is -0.140. The molecule has 1 amide bonds. The second-order valence-electron chi connectivity index (χ2n) is 4.99. The van der Waals surface area contributed by atoms with Crippen LogP contribution in [0.2, 0.25) is 0 Å². The fourth-order valence-corrected chi connectivity index (χ4v) is 4.57. The number of carbonyl (C=O) groups excluding carboxylic acids is 1. The number of aryl methyl sites for hydroxylation is 1. The molecule has 2 rings (SSSR count). The summed E-state index contributed by atoms with van der Waals surface area (Å²) in [7, 11) is 3.61. The normalized spacial score (nSPS) is 20.3. The van der Waals surface area contributed by atoms with E-state index in [-0.39, 0.29) is 11.9 Å². The molecule has 18 heavy (non-hydrogen) atoms. The van der Waals surface area contributed by atoms with Crippen LogP contribution in [0.25, 0.3) is 0 Å². The Labute approximate surface area is 126 Å². The number of halogens is 1. The summed E-state index contributed by atoms with van der Waals surface area (Å²) in [4.78, 5) is 15.0. The minimum Gasteiger partial charge on any atom is -0.347 e. The summed E-state index contributed by atoms with van der Waals surface area (Å²) in [5, 5.41) is 3.48. The van der Waals surface area contributed by atoms with Gasteiger partial charge in [-0.25, -0.2) is 0 Å². The van der Waals surface area contributed by atoms with E-state index in [2.05, 4.69) is 34.0 Å². The first-order chi connectivity index (χ1) is 8.49. The monoisotopic (exact) mass is 378 g/mol. The Morgan fingerprint density at radius 2 is 2.33 bits per heavy atom. The van der Waals surface area contributed by atoms with Gasteiger partial charge in [0.15, 0.2) is 0 Å². The Balaban J connectivity index is 2.09. The number of nitrogens with zero attached hydrogens (tertiary/aromatic N) is 1. The number of thiophene rings is 1. The van der Waals surface area contributed by atoms with Gasteiger partial charge in [-0.15, -0.1) is 11.3 Å². The van der Waals surface area contributed by atoms with Gasteiger partial charge in [-0.1, -0.05) is 0 Å². The van der Waals surface area contributed by atoms with Crippen LogP contribution in [0, 0.1) is 2.88 Å². The Morgan fingerprint density at radius 1 is 1.61 bits per heavy atom. The van der Waals surface area contributed by atoms with E-state index in [1.807, 2.05) is 18.3 Å². The molecule has 0 saturated heterocycles. The molecule has 0 aromatic carbocycles. The molecular weight excluding hydrogens is 359 g/mol. The number of hydrogen-bond donors (Lipinski definition) is 1. The third kappa shape index (κ3) is 3.05. The van der Waals surface area contributed by atoms with Crippen LogP contribution in [-0.2, 0) is 11.2 Å². The summed E-state index contributed by atoms with van der Waals surface area (Å²) < 4.78 is 1.35. The summed E-state index contributed by atoms with van der Waals surface area (Å²) in [5.41, 5.74) is 1.41. The van der Waals surface area contributed by atoms with Crippen molar-refractivity contribution >= 4 is 39.8 Å². The third-order valence-corrected chi connectivity index (χ3v) is 5.32. The molecule has 1 heterocycles. The molecule has 1 aromatic heterocycles. The Bertz CT molecular complexity index is 444. The van der Waals surface area contributed by atoms with E-state index in [0.717, 1.165) is 6.42 Å². The predicted octanol–water partition coefficient (Wildman–Crippen LogP) is 2.80. The second kappa shape index (κ2) is 5.88. The fraction of sp³-hybridized carbons (Fsp3) is 0.615. The first kappa shape index (κ1) is 14.3. The van der Waals surface area contributed by atoms with Gasteiger partial charge in [0.1, 0.15) is 0 Å². The number of carbonyl (C=O) groups is 1. The van der Waals surface area contributed by atoms with Gasteiger partial charge in [-0.05, 0) is 60.4 Å². The van der Waals surface area contributed by atoms with Crippen LogP contribution in [0.3, 0.4) is 0 Å². The van der Waals surface area contributed by atoms with Gasteiger partial charge in [-0.3, -0.25) is 10.1 Å². The third-order valence-electron chi connectivity index (χ3n) is 3.35. The molecule has 1 N–H and O–H groups in total. The van der Waals surface area contributed by atoms with Gasteiger partial charge in [0, 0.05) is 25.0 Å². The van der Waals surface area contributed by atoms with Crippen molar-refractivity contribution in [3.8, 4) is 0 Å². The van der Waals surface area contributed by atoms with Gasteiger partial charge in [-0.2, -0.15) is 0 Å². The van der Waals surface area contributed by atoms with Gasteiger partial charge in [0.25, 0.3) is 0 Å². The summed E-state index contributed by atoms with van der Waals surface area (Å²) in [6.07, 6.45) is 3.53. The maximum absolute atomic E-state index is 11.9. The largest absolute Gasteiger partial charge is 0.347 e. The smallest absolute Gasteiger partial charge is 0.238 e. The first-order valence-electron chi connectivity index (χ1n) is 6.24. The lowest BCUT2D eigenvalue weighted by Gasteiger charge is -2.27. The molecule has 5 heteroatoms. The van der Waals surface area contributed by atoms with Crippen LogP contribution >= 0.6 is 33.9 Å². The van der Waals surface area contributed by atoms with Crippen molar-refractivity contribution in [1.29, 1.82) is 0 Å². The molecule has 2 unspecified atom stereocenters. The average Bonchev–Trinajstić information content (AvgIpc) is 2.69. The zero-order chi connectivity index (χ0) is 13.3. The van der Waals surface area contributed by atoms with Gasteiger partial charge < -0.3 is 4.90 Å². The van der Waals surface area contributed by atoms with Crippen LogP contribution in [0.15, 0.2) is 6.07 Å². The number of likely N-dealkylation sites (N-methyl/N-ethyl adjacent to an activating group) is 1. The maximum atomic E-state index is 11.9. The van der Waals surface area contributed by atoms with E-state index in [0.29, 0.717) is 6.04 Å². The minimum absolute atomic E-state index is 0.117. The van der Waals surface area contributed by atoms with Crippen molar-refractivity contribution in [3.63, 3.8) is 0 Å². The molecule has 0 spiro atoms. The molecule has 0 saturated carbocycles. The highest BCUT2D eigenvalue weighted by Crippen LogP contribution is 2.36. The number of hydrogen-bond acceptors (Lipinski definition) is 3. The lowest BCUT2D eigenvalue weighted by atomic mass is 9.93. The van der Waals surface area contributed by atoms with Crippen LogP contribution in [0.5, 0.6) is 0 Å². The molecule has 1 aliphatic rings. The minimum atomic E-state index is -0.117. The SMILES string of the molecule is CC(NC1CCCc2sc(I)cc21)C(=O)N(C)C. The molecule has 100 valence electrons. The highest BCUT2D eigenvalue weighted by Gasteiger charge is 2.26. The van der Waals surface area contributed by atoms with Crippen LogP contribution < -0.4 is 5.32 Å². The zero-order valence-electron chi connectivity index (χ0n) is 11.0. The van der Waals surface area contributed by atoms with Crippen molar-refractivity contribution in [2.24, 2.45) is 0 Å². The molecule has 2 atom stereocenters. The molecule has 0 radical (unpaired) electrons. The molecule has 1 aromatic rings. The fourth-order valence-electron chi connectivity index (χ4n) is 2.45. The van der Waals surface area contributed by atoms with E-state index in [1.54, 1.807) is 19.0 Å². The number of fused-ring (bicyclic) bond motifs is 1. The van der Waals surface area contributed by atoms with Crippen molar-refractivity contribution < 1.29 is 4.79 Å². The zero-order valence-corrected chi connectivity index (χ0v) is 14.0. The van der Waals surface area contributed by atoms with Crippen molar-refractivity contribution in [2.75, 3.05) is 14.1 Å². The van der Waals surface area contributed by atoms with Gasteiger partial charge >= 0.3 is 0 Å². The van der Waals surface area contributed by atoms with Crippen LogP contribution in [0.1, 0.15) is 36.2 Å². The van der Waals surface area contributed by atoms with Gasteiger partial charge in [0.05, 0.1) is 8.93 Å². The quantitative estimate of drug-likeness (QED) is 0.821. The first-order valence-corrected chi connectivity index (χ1v) is 8.14. The van der Waals surface area contributed by atoms with E-state index < -0.39 is 0 Å². The predicted molar refractivity (Wildman–Crippen MR) is 84.0 cm³/mol. The highest BCUT2D eigenvalue weighted by molar-refractivity contribution is 14.1. The van der Waals surface area contributed by atoms with Crippen molar-refractivity contribution in [1.82, 2.24) is 10.2 Å². The number of nitrogens with one attached hydrogen (secondary N) is 1. The maximum Gasteiger partial charge on any atom is 0.238 e. The standard InChI is InChI=1S/C13H19IN2OS/c1-8(13(17)16(2)3)15-10-5-4-6-11-9(10)7-12(14)18-11/h7-8,10,15H,4-6H2,1-3H3. The summed E-state index contributed by atoms with van der Waals surface area (Å²) in [5.74, 6) is 0.145. The highest BCUT2D eigenvalue weighted by atomic mass is 127.